The molecule has 0 amide bonds. The van der Waals surface area contributed by atoms with Crippen molar-refractivity contribution in [1.82, 2.24) is 14.9 Å². The first kappa shape index (κ1) is 21.7. The second kappa shape index (κ2) is 9.36. The van der Waals surface area contributed by atoms with E-state index in [1.54, 1.807) is 23.9 Å². The van der Waals surface area contributed by atoms with Crippen molar-refractivity contribution >= 4 is 23.2 Å². The number of nitro groups is 1. The molecule has 0 fully saturated rings. The second-order valence-electron chi connectivity index (χ2n) is 7.37. The molecule has 10 heteroatoms. The number of methoxy groups -OCH3 is 1. The van der Waals surface area contributed by atoms with Gasteiger partial charge >= 0.3 is 0 Å². The predicted molar refractivity (Wildman–Crippen MR) is 127 cm³/mol. The van der Waals surface area contributed by atoms with E-state index in [2.05, 4.69) is 10.2 Å². The highest BCUT2D eigenvalue weighted by Crippen LogP contribution is 2.41. The summed E-state index contributed by atoms with van der Waals surface area (Å²) in [5.41, 5.74) is 2.68. The van der Waals surface area contributed by atoms with Crippen LogP contribution in [0.1, 0.15) is 22.2 Å². The average molecular weight is 474 g/mol. The van der Waals surface area contributed by atoms with E-state index in [-0.39, 0.29) is 17.5 Å². The zero-order valence-corrected chi connectivity index (χ0v) is 18.9. The first-order valence-electron chi connectivity index (χ1n) is 10.4. The highest BCUT2D eigenvalue weighted by atomic mass is 32.2. The molecule has 0 saturated carbocycles. The number of hydrogen-bond donors (Lipinski definition) is 0. The topological polar surface area (TPSA) is 105 Å². The fraction of sp³-hybridized carbons (Fsp3) is 0.125. The minimum Gasteiger partial charge on any atom is -0.497 e. The number of hydrogen-bond acceptors (Lipinski definition) is 8. The Morgan fingerprint density at radius 3 is 2.35 bits per heavy atom. The lowest BCUT2D eigenvalue weighted by molar-refractivity contribution is -0.384. The summed E-state index contributed by atoms with van der Waals surface area (Å²) in [5.74, 6) is 1.99. The number of rotatable bonds is 7. The van der Waals surface area contributed by atoms with E-state index in [1.807, 2.05) is 54.6 Å². The molecule has 1 aromatic heterocycles. The lowest BCUT2D eigenvalue weighted by Crippen LogP contribution is -2.19. The third kappa shape index (κ3) is 4.35. The van der Waals surface area contributed by atoms with E-state index in [1.165, 1.54) is 23.9 Å². The van der Waals surface area contributed by atoms with Crippen LogP contribution < -0.4 is 9.47 Å². The third-order valence-electron chi connectivity index (χ3n) is 5.26. The van der Waals surface area contributed by atoms with Gasteiger partial charge in [-0.15, -0.1) is 10.2 Å². The summed E-state index contributed by atoms with van der Waals surface area (Å²) in [6.45, 7) is 0.188. The molecule has 0 bridgehead atoms. The van der Waals surface area contributed by atoms with Crippen LogP contribution in [-0.4, -0.2) is 32.6 Å². The van der Waals surface area contributed by atoms with Crippen LogP contribution in [0, 0.1) is 10.1 Å². The molecule has 9 nitrogen and oxygen atoms in total. The minimum absolute atomic E-state index is 0.0453. The molecular formula is C24H19N5O4S. The SMILES string of the molecule is COc1ccc(OCc2nnc3n2N=C(c2ccccc2)[C@@H](c2ccc([N+](=O)[O-])cc2)S3)cc1. The van der Waals surface area contributed by atoms with E-state index < -0.39 is 4.92 Å². The summed E-state index contributed by atoms with van der Waals surface area (Å²) in [7, 11) is 1.61. The smallest absolute Gasteiger partial charge is 0.269 e. The Morgan fingerprint density at radius 2 is 1.68 bits per heavy atom. The zero-order valence-electron chi connectivity index (χ0n) is 18.1. The van der Waals surface area contributed by atoms with Crippen molar-refractivity contribution in [2.75, 3.05) is 7.11 Å². The van der Waals surface area contributed by atoms with Crippen molar-refractivity contribution in [3.63, 3.8) is 0 Å². The van der Waals surface area contributed by atoms with Crippen molar-refractivity contribution in [3.05, 3.63) is 106 Å². The number of thioether (sulfide) groups is 1. The van der Waals surface area contributed by atoms with Crippen molar-refractivity contribution in [1.29, 1.82) is 0 Å². The Kier molecular flexibility index (Phi) is 5.96. The standard InChI is InChI=1S/C24H19N5O4S/c1-32-19-11-13-20(14-12-19)33-15-21-25-26-24-28(21)27-22(16-5-3-2-4-6-16)23(34-24)17-7-9-18(10-8-17)29(30)31/h2-14,23H,15H2,1H3/t23-/m1/s1. The fourth-order valence-electron chi connectivity index (χ4n) is 3.52. The van der Waals surface area contributed by atoms with Crippen LogP contribution >= 0.6 is 11.8 Å². The van der Waals surface area contributed by atoms with Crippen molar-refractivity contribution in [2.45, 2.75) is 17.0 Å². The van der Waals surface area contributed by atoms with Gasteiger partial charge in [0.2, 0.25) is 5.16 Å². The summed E-state index contributed by atoms with van der Waals surface area (Å²) in [6, 6.07) is 23.6. The van der Waals surface area contributed by atoms with Gasteiger partial charge in [0.05, 0.1) is 23.0 Å². The Balaban J connectivity index is 1.46. The van der Waals surface area contributed by atoms with Gasteiger partial charge in [0.1, 0.15) is 18.1 Å². The van der Waals surface area contributed by atoms with Gasteiger partial charge in [-0.25, -0.2) is 0 Å². The summed E-state index contributed by atoms with van der Waals surface area (Å²) < 4.78 is 12.8. The zero-order chi connectivity index (χ0) is 23.5. The lowest BCUT2D eigenvalue weighted by Gasteiger charge is -2.23. The summed E-state index contributed by atoms with van der Waals surface area (Å²) in [5, 5.41) is 25.0. The van der Waals surface area contributed by atoms with Crippen molar-refractivity contribution < 1.29 is 14.4 Å². The van der Waals surface area contributed by atoms with Gasteiger partial charge in [-0.2, -0.15) is 9.78 Å². The van der Waals surface area contributed by atoms with Crippen LogP contribution in [0.15, 0.2) is 89.1 Å². The number of non-ortho nitro benzene ring substituents is 1. The largest absolute Gasteiger partial charge is 0.497 e. The van der Waals surface area contributed by atoms with Crippen LogP contribution in [0.5, 0.6) is 11.5 Å². The number of nitrogens with zero attached hydrogens (tertiary/aromatic N) is 5. The highest BCUT2D eigenvalue weighted by Gasteiger charge is 2.30. The molecule has 0 N–H and O–H groups in total. The highest BCUT2D eigenvalue weighted by molar-refractivity contribution is 8.00. The van der Waals surface area contributed by atoms with E-state index in [4.69, 9.17) is 14.6 Å². The maximum atomic E-state index is 11.1. The normalized spacial score (nSPS) is 14.7. The molecule has 0 aliphatic carbocycles. The van der Waals surface area contributed by atoms with Crippen LogP contribution in [-0.2, 0) is 6.61 Å². The van der Waals surface area contributed by atoms with Gasteiger partial charge in [-0.3, -0.25) is 10.1 Å². The fourth-order valence-corrected chi connectivity index (χ4v) is 4.65. The van der Waals surface area contributed by atoms with Crippen LogP contribution in [0.3, 0.4) is 0 Å². The summed E-state index contributed by atoms with van der Waals surface area (Å²) in [6.07, 6.45) is 0. The number of ether oxygens (including phenoxy) is 2. The Morgan fingerprint density at radius 1 is 0.971 bits per heavy atom. The molecule has 34 heavy (non-hydrogen) atoms. The number of fused-ring (bicyclic) bond motifs is 1. The van der Waals surface area contributed by atoms with E-state index in [0.717, 1.165) is 22.6 Å². The molecule has 170 valence electrons. The van der Waals surface area contributed by atoms with Gasteiger partial charge in [0.25, 0.3) is 5.69 Å². The van der Waals surface area contributed by atoms with Crippen LogP contribution in [0.25, 0.3) is 0 Å². The summed E-state index contributed by atoms with van der Waals surface area (Å²) >= 11 is 1.49. The first-order valence-corrected chi connectivity index (χ1v) is 11.3. The Bertz CT molecular complexity index is 1340. The van der Waals surface area contributed by atoms with Gasteiger partial charge < -0.3 is 9.47 Å². The number of benzene rings is 3. The minimum atomic E-state index is -0.407. The Hall–Kier alpha value is -4.18. The molecule has 0 saturated heterocycles. The molecule has 4 aromatic rings. The van der Waals surface area contributed by atoms with Crippen molar-refractivity contribution in [2.24, 2.45) is 5.10 Å². The molecule has 2 heterocycles. The molecule has 1 atom stereocenters. The maximum absolute atomic E-state index is 11.1. The van der Waals surface area contributed by atoms with Gasteiger partial charge in [-0.05, 0) is 35.4 Å². The molecule has 5 rings (SSSR count). The number of nitro benzene ring substituents is 1. The quantitative estimate of drug-likeness (QED) is 0.278. The van der Waals surface area contributed by atoms with Gasteiger partial charge in [0, 0.05) is 12.1 Å². The monoisotopic (exact) mass is 473 g/mol. The van der Waals surface area contributed by atoms with Crippen LogP contribution in [0.2, 0.25) is 0 Å². The lowest BCUT2D eigenvalue weighted by atomic mass is 10.0. The average Bonchev–Trinajstić information content (AvgIpc) is 3.29. The molecule has 3 aromatic carbocycles. The predicted octanol–water partition coefficient (Wildman–Crippen LogP) is 4.87. The van der Waals surface area contributed by atoms with E-state index in [0.29, 0.717) is 16.7 Å². The summed E-state index contributed by atoms with van der Waals surface area (Å²) in [4.78, 5) is 10.7. The van der Waals surface area contributed by atoms with E-state index >= 15 is 0 Å². The molecular weight excluding hydrogens is 454 g/mol. The first-order chi connectivity index (χ1) is 16.6. The van der Waals surface area contributed by atoms with E-state index in [9.17, 15) is 10.1 Å². The molecule has 1 aliphatic heterocycles. The molecule has 1 aliphatic rings. The second-order valence-corrected chi connectivity index (χ2v) is 8.44. The van der Waals surface area contributed by atoms with Crippen molar-refractivity contribution in [3.8, 4) is 11.5 Å². The third-order valence-corrected chi connectivity index (χ3v) is 6.46. The number of aromatic nitrogens is 3. The van der Waals surface area contributed by atoms with Crippen LogP contribution in [0.4, 0.5) is 5.69 Å². The maximum Gasteiger partial charge on any atom is 0.269 e. The van der Waals surface area contributed by atoms with Gasteiger partial charge in [-0.1, -0.05) is 54.2 Å². The van der Waals surface area contributed by atoms with Gasteiger partial charge in [0.15, 0.2) is 5.82 Å². The Labute approximate surface area is 199 Å². The molecule has 0 radical (unpaired) electrons. The molecule has 0 spiro atoms. The molecule has 0 unspecified atom stereocenters.